The molecule has 1 unspecified atom stereocenters. The van der Waals surface area contributed by atoms with Gasteiger partial charge in [-0.1, -0.05) is 11.6 Å². The number of carbonyl (C=O) groups excluding carboxylic acids is 2. The molecular weight excluding hydrogens is 434 g/mol. The van der Waals surface area contributed by atoms with E-state index in [1.807, 2.05) is 6.07 Å². The zero-order valence-electron chi connectivity index (χ0n) is 15.3. The van der Waals surface area contributed by atoms with Crippen LogP contribution in [-0.2, 0) is 14.6 Å². The summed E-state index contributed by atoms with van der Waals surface area (Å²) in [4.78, 5) is 27.1. The topological polar surface area (TPSA) is 107 Å². The van der Waals surface area contributed by atoms with Crippen molar-refractivity contribution >= 4 is 50.7 Å². The number of thioether (sulfide) groups is 1. The number of rotatable bonds is 4. The fraction of sp³-hybridized carbons (Fsp3) is 0.211. The molecule has 10 heteroatoms. The zero-order valence-corrected chi connectivity index (χ0v) is 17.6. The summed E-state index contributed by atoms with van der Waals surface area (Å²) in [6.07, 6.45) is 1.05. The number of carbonyl (C=O) groups is 2. The first-order valence-electron chi connectivity index (χ1n) is 8.40. The molecule has 0 radical (unpaired) electrons. The Labute approximate surface area is 177 Å². The summed E-state index contributed by atoms with van der Waals surface area (Å²) in [6.45, 7) is 0. The number of hydrogen-bond donors (Lipinski definition) is 1. The smallest absolute Gasteiger partial charge is 0.256 e. The van der Waals surface area contributed by atoms with Gasteiger partial charge in [-0.15, -0.1) is 11.8 Å². The van der Waals surface area contributed by atoms with E-state index in [2.05, 4.69) is 5.32 Å². The van der Waals surface area contributed by atoms with Crippen molar-refractivity contribution in [1.82, 2.24) is 4.90 Å². The fourth-order valence-electron chi connectivity index (χ4n) is 2.77. The number of nitriles is 1. The fourth-order valence-corrected chi connectivity index (χ4v) is 4.77. The van der Waals surface area contributed by atoms with Crippen LogP contribution in [0.15, 0.2) is 47.4 Å². The van der Waals surface area contributed by atoms with Crippen LogP contribution >= 0.6 is 23.4 Å². The van der Waals surface area contributed by atoms with Gasteiger partial charge in [0, 0.05) is 17.7 Å². The third-order valence-corrected chi connectivity index (χ3v) is 6.78. The van der Waals surface area contributed by atoms with Gasteiger partial charge in [-0.2, -0.15) is 5.26 Å². The molecule has 0 bridgehead atoms. The lowest BCUT2D eigenvalue weighted by Crippen LogP contribution is -2.44. The highest BCUT2D eigenvalue weighted by molar-refractivity contribution is 7.99. The quantitative estimate of drug-likeness (QED) is 0.769. The molecule has 29 heavy (non-hydrogen) atoms. The highest BCUT2D eigenvalue weighted by Crippen LogP contribution is 2.28. The molecular formula is C19H16ClN3O4S2. The lowest BCUT2D eigenvalue weighted by molar-refractivity contribution is -0.119. The van der Waals surface area contributed by atoms with Crippen LogP contribution < -0.4 is 5.32 Å². The number of amides is 2. The van der Waals surface area contributed by atoms with Crippen molar-refractivity contribution in [2.45, 2.75) is 10.9 Å². The minimum absolute atomic E-state index is 0.0179. The second-order valence-corrected chi connectivity index (χ2v) is 9.81. The van der Waals surface area contributed by atoms with Crippen molar-refractivity contribution in [2.75, 3.05) is 23.2 Å². The van der Waals surface area contributed by atoms with Crippen molar-refractivity contribution in [3.05, 3.63) is 58.6 Å². The Balaban J connectivity index is 1.82. The van der Waals surface area contributed by atoms with Crippen LogP contribution in [0.4, 0.5) is 5.69 Å². The van der Waals surface area contributed by atoms with Gasteiger partial charge in [-0.3, -0.25) is 9.59 Å². The predicted molar refractivity (Wildman–Crippen MR) is 112 cm³/mol. The van der Waals surface area contributed by atoms with E-state index >= 15 is 0 Å². The van der Waals surface area contributed by atoms with Crippen LogP contribution in [0.2, 0.25) is 5.02 Å². The lowest BCUT2D eigenvalue weighted by Gasteiger charge is -2.23. The minimum Gasteiger partial charge on any atom is -0.324 e. The maximum atomic E-state index is 13.0. The SMILES string of the molecule is CS(=O)(=O)c1ccc(Cl)c(C(=O)N2CSCC2C(=O)Nc2ccc(C#N)cc2)c1. The van der Waals surface area contributed by atoms with E-state index in [0.29, 0.717) is 17.0 Å². The number of sulfone groups is 1. The summed E-state index contributed by atoms with van der Waals surface area (Å²) in [7, 11) is -3.51. The standard InChI is InChI=1S/C19H16ClN3O4S2/c1-29(26,27)14-6-7-16(20)15(8-14)19(25)23-11-28-10-17(23)18(24)22-13-4-2-12(9-21)3-5-13/h2-8,17H,10-11H2,1H3,(H,22,24). The first kappa shape index (κ1) is 21.2. The first-order chi connectivity index (χ1) is 13.7. The molecule has 1 fully saturated rings. The number of nitrogens with zero attached hydrogens (tertiary/aromatic N) is 2. The lowest BCUT2D eigenvalue weighted by atomic mass is 10.1. The molecule has 0 aliphatic carbocycles. The maximum absolute atomic E-state index is 13.0. The van der Waals surface area contributed by atoms with Gasteiger partial charge < -0.3 is 10.2 Å². The Hall–Kier alpha value is -2.54. The molecule has 1 saturated heterocycles. The average molecular weight is 450 g/mol. The number of nitrogens with one attached hydrogen (secondary N) is 1. The van der Waals surface area contributed by atoms with E-state index in [9.17, 15) is 18.0 Å². The predicted octanol–water partition coefficient (Wildman–Crippen LogP) is 2.77. The van der Waals surface area contributed by atoms with E-state index in [-0.39, 0.29) is 27.3 Å². The van der Waals surface area contributed by atoms with Gasteiger partial charge in [0.2, 0.25) is 5.91 Å². The van der Waals surface area contributed by atoms with E-state index in [4.69, 9.17) is 16.9 Å². The third-order valence-electron chi connectivity index (χ3n) is 4.32. The van der Waals surface area contributed by atoms with Crippen LogP contribution in [0.5, 0.6) is 0 Å². The number of anilines is 1. The van der Waals surface area contributed by atoms with Crippen molar-refractivity contribution < 1.29 is 18.0 Å². The van der Waals surface area contributed by atoms with Crippen molar-refractivity contribution in [2.24, 2.45) is 0 Å². The van der Waals surface area contributed by atoms with Gasteiger partial charge in [-0.25, -0.2) is 8.42 Å². The number of halogens is 1. The van der Waals surface area contributed by atoms with Crippen LogP contribution in [0.25, 0.3) is 0 Å². The zero-order chi connectivity index (χ0) is 21.2. The third kappa shape index (κ3) is 4.72. The molecule has 1 aliphatic heterocycles. The van der Waals surface area contributed by atoms with Crippen molar-refractivity contribution in [1.29, 1.82) is 5.26 Å². The molecule has 1 atom stereocenters. The summed E-state index contributed by atoms with van der Waals surface area (Å²) in [6, 6.07) is 11.6. The molecule has 2 aromatic rings. The Morgan fingerprint density at radius 2 is 1.93 bits per heavy atom. The van der Waals surface area contributed by atoms with Gasteiger partial charge in [0.05, 0.1) is 33.0 Å². The normalized spacial score (nSPS) is 16.3. The van der Waals surface area contributed by atoms with E-state index < -0.39 is 21.8 Å². The Kier molecular flexibility index (Phi) is 6.17. The monoisotopic (exact) mass is 449 g/mol. The van der Waals surface area contributed by atoms with Gasteiger partial charge in [0.25, 0.3) is 5.91 Å². The van der Waals surface area contributed by atoms with Crippen LogP contribution in [0, 0.1) is 11.3 Å². The highest BCUT2D eigenvalue weighted by Gasteiger charge is 2.36. The molecule has 0 aromatic heterocycles. The summed E-state index contributed by atoms with van der Waals surface area (Å²) < 4.78 is 23.6. The number of hydrogen-bond acceptors (Lipinski definition) is 6. The summed E-state index contributed by atoms with van der Waals surface area (Å²) in [5.41, 5.74) is 1.01. The van der Waals surface area contributed by atoms with Crippen LogP contribution in [0.3, 0.4) is 0 Å². The second kappa shape index (κ2) is 8.45. The van der Waals surface area contributed by atoms with Gasteiger partial charge in [-0.05, 0) is 42.5 Å². The Morgan fingerprint density at radius 1 is 1.24 bits per heavy atom. The van der Waals surface area contributed by atoms with E-state index in [1.165, 1.54) is 34.9 Å². The highest BCUT2D eigenvalue weighted by atomic mass is 35.5. The minimum atomic E-state index is -3.51. The molecule has 0 saturated carbocycles. The first-order valence-corrected chi connectivity index (χ1v) is 11.8. The van der Waals surface area contributed by atoms with Crippen LogP contribution in [0.1, 0.15) is 15.9 Å². The molecule has 0 spiro atoms. The van der Waals surface area contributed by atoms with E-state index in [0.717, 1.165) is 6.26 Å². The molecule has 150 valence electrons. The number of benzene rings is 2. The van der Waals surface area contributed by atoms with E-state index in [1.54, 1.807) is 24.3 Å². The van der Waals surface area contributed by atoms with Gasteiger partial charge >= 0.3 is 0 Å². The van der Waals surface area contributed by atoms with Gasteiger partial charge in [0.15, 0.2) is 9.84 Å². The average Bonchev–Trinajstić information content (AvgIpc) is 3.17. The van der Waals surface area contributed by atoms with Crippen molar-refractivity contribution in [3.63, 3.8) is 0 Å². The Morgan fingerprint density at radius 3 is 2.55 bits per heavy atom. The largest absolute Gasteiger partial charge is 0.324 e. The molecule has 1 heterocycles. The molecule has 7 nitrogen and oxygen atoms in total. The Bertz CT molecular complexity index is 1110. The van der Waals surface area contributed by atoms with Crippen LogP contribution in [-0.4, -0.2) is 49.1 Å². The van der Waals surface area contributed by atoms with Crippen molar-refractivity contribution in [3.8, 4) is 6.07 Å². The second-order valence-electron chi connectivity index (χ2n) is 6.38. The summed E-state index contributed by atoms with van der Waals surface area (Å²) in [5, 5.41) is 11.7. The summed E-state index contributed by atoms with van der Waals surface area (Å²) >= 11 is 7.54. The molecule has 3 rings (SSSR count). The summed E-state index contributed by atoms with van der Waals surface area (Å²) in [5.74, 6) is -0.199. The molecule has 1 aliphatic rings. The molecule has 2 amide bonds. The maximum Gasteiger partial charge on any atom is 0.256 e. The molecule has 1 N–H and O–H groups in total. The van der Waals surface area contributed by atoms with Gasteiger partial charge in [0.1, 0.15) is 6.04 Å². The molecule has 2 aromatic carbocycles.